The number of hydrogen-bond donors (Lipinski definition) is 4. The van der Waals surface area contributed by atoms with Crippen LogP contribution in [0.2, 0.25) is 0 Å². The number of urea groups is 1. The van der Waals surface area contributed by atoms with Crippen LogP contribution in [0.1, 0.15) is 5.56 Å². The molecule has 2 aromatic carbocycles. The van der Waals surface area contributed by atoms with Gasteiger partial charge in [0.1, 0.15) is 19.0 Å². The first-order valence-corrected chi connectivity index (χ1v) is 11.2. The number of nitrogens with zero attached hydrogens (tertiary/aromatic N) is 2. The molecule has 2 aromatic heterocycles. The minimum Gasteiger partial charge on any atom is -0.494 e. The van der Waals surface area contributed by atoms with Crippen LogP contribution in [0.4, 0.5) is 4.79 Å². The molecule has 0 saturated carbocycles. The molecule has 0 radical (unpaired) electrons. The Hall–Kier alpha value is -4.81. The molecule has 180 valence electrons. The Labute approximate surface area is 206 Å². The lowest BCUT2D eigenvalue weighted by atomic mass is 9.88. The summed E-state index contributed by atoms with van der Waals surface area (Å²) in [4.78, 5) is 29.4. The van der Waals surface area contributed by atoms with Gasteiger partial charge in [0, 0.05) is 29.4 Å². The first-order chi connectivity index (χ1) is 17.5. The van der Waals surface area contributed by atoms with Gasteiger partial charge in [0.25, 0.3) is 5.91 Å². The standard InChI is InChI=1S/C27H22N4O5/c32-12-1-2-13-36-22-10-7-20-16-31(24(33)23(20)14-22)17-27(25(34)29-26(35)30-27)21-8-5-18(6-9-21)19-4-3-11-28-15-19/h3-11,14-16,32-33H,12-13,17H2,(H2,29,30,34,35)/t27-/m0/s1. The average Bonchev–Trinajstić information content (AvgIpc) is 3.37. The van der Waals surface area contributed by atoms with E-state index < -0.39 is 17.5 Å². The number of aliphatic hydroxyl groups is 1. The van der Waals surface area contributed by atoms with E-state index >= 15 is 0 Å². The third kappa shape index (κ3) is 4.21. The van der Waals surface area contributed by atoms with E-state index in [2.05, 4.69) is 27.5 Å². The molecular weight excluding hydrogens is 460 g/mol. The number of fused-ring (bicyclic) bond motifs is 1. The van der Waals surface area contributed by atoms with Crippen LogP contribution in [-0.2, 0) is 16.9 Å². The molecule has 1 fully saturated rings. The summed E-state index contributed by atoms with van der Waals surface area (Å²) in [5.41, 5.74) is 0.989. The number of pyridine rings is 1. The average molecular weight is 482 g/mol. The number of carbonyl (C=O) groups excluding carboxylic acids is 2. The van der Waals surface area contributed by atoms with Crippen LogP contribution in [0.5, 0.6) is 11.6 Å². The molecule has 4 N–H and O–H groups in total. The van der Waals surface area contributed by atoms with E-state index in [1.807, 2.05) is 24.3 Å². The molecule has 5 rings (SSSR count). The minimum absolute atomic E-state index is 0.0323. The van der Waals surface area contributed by atoms with Gasteiger partial charge in [-0.05, 0) is 41.0 Å². The second kappa shape index (κ2) is 9.44. The lowest BCUT2D eigenvalue weighted by Gasteiger charge is -2.27. The maximum atomic E-state index is 13.1. The zero-order valence-electron chi connectivity index (χ0n) is 19.1. The van der Waals surface area contributed by atoms with Crippen molar-refractivity contribution in [1.82, 2.24) is 20.2 Å². The minimum atomic E-state index is -1.42. The number of aromatic hydroxyl groups is 1. The molecule has 3 amide bonds. The smallest absolute Gasteiger partial charge is 0.322 e. The molecule has 4 aromatic rings. The Morgan fingerprint density at radius 3 is 2.58 bits per heavy atom. The molecule has 36 heavy (non-hydrogen) atoms. The van der Waals surface area contributed by atoms with E-state index in [0.717, 1.165) is 16.5 Å². The number of nitrogens with one attached hydrogen (secondary N) is 2. The van der Waals surface area contributed by atoms with Gasteiger partial charge in [-0.25, -0.2) is 4.79 Å². The van der Waals surface area contributed by atoms with Crippen LogP contribution in [-0.4, -0.2) is 44.9 Å². The van der Waals surface area contributed by atoms with Crippen LogP contribution in [0.3, 0.4) is 0 Å². The van der Waals surface area contributed by atoms with E-state index in [4.69, 9.17) is 9.84 Å². The summed E-state index contributed by atoms with van der Waals surface area (Å²) in [5, 5.41) is 26.1. The molecule has 1 aliphatic heterocycles. The Morgan fingerprint density at radius 2 is 1.89 bits per heavy atom. The van der Waals surface area contributed by atoms with Crippen LogP contribution >= 0.6 is 0 Å². The van der Waals surface area contributed by atoms with Crippen molar-refractivity contribution in [3.63, 3.8) is 0 Å². The van der Waals surface area contributed by atoms with E-state index in [0.29, 0.717) is 16.7 Å². The Balaban J connectivity index is 1.48. The van der Waals surface area contributed by atoms with Crippen molar-refractivity contribution in [1.29, 1.82) is 0 Å². The maximum Gasteiger partial charge on any atom is 0.322 e. The van der Waals surface area contributed by atoms with Gasteiger partial charge >= 0.3 is 6.03 Å². The zero-order valence-corrected chi connectivity index (χ0v) is 19.1. The van der Waals surface area contributed by atoms with Crippen LogP contribution in [0, 0.1) is 11.8 Å². The monoisotopic (exact) mass is 482 g/mol. The van der Waals surface area contributed by atoms with Crippen molar-refractivity contribution >= 4 is 22.7 Å². The summed E-state index contributed by atoms with van der Waals surface area (Å²) in [7, 11) is 0. The number of ether oxygens (including phenoxy) is 1. The van der Waals surface area contributed by atoms with Gasteiger partial charge in [0.15, 0.2) is 11.4 Å². The van der Waals surface area contributed by atoms with Crippen molar-refractivity contribution in [2.75, 3.05) is 13.2 Å². The molecule has 1 aliphatic rings. The zero-order chi connectivity index (χ0) is 25.1. The Morgan fingerprint density at radius 1 is 1.06 bits per heavy atom. The molecule has 3 heterocycles. The number of carbonyl (C=O) groups is 2. The fraction of sp³-hybridized carbons (Fsp3) is 0.148. The van der Waals surface area contributed by atoms with Crippen molar-refractivity contribution < 1.29 is 24.5 Å². The molecular formula is C27H22N4O5. The van der Waals surface area contributed by atoms with Gasteiger partial charge in [-0.15, -0.1) is 0 Å². The molecule has 0 spiro atoms. The predicted molar refractivity (Wildman–Crippen MR) is 132 cm³/mol. The van der Waals surface area contributed by atoms with Crippen LogP contribution in [0.25, 0.3) is 21.9 Å². The quantitative estimate of drug-likeness (QED) is 0.247. The normalized spacial score (nSPS) is 16.8. The first kappa shape index (κ1) is 23.0. The topological polar surface area (TPSA) is 126 Å². The summed E-state index contributed by atoms with van der Waals surface area (Å²) in [6.07, 6.45) is 5.15. The van der Waals surface area contributed by atoms with Gasteiger partial charge in [-0.2, -0.15) is 0 Å². The van der Waals surface area contributed by atoms with Crippen molar-refractivity contribution in [2.24, 2.45) is 0 Å². The largest absolute Gasteiger partial charge is 0.494 e. The molecule has 9 nitrogen and oxygen atoms in total. The summed E-state index contributed by atoms with van der Waals surface area (Å²) in [5.74, 6) is 5.09. The highest BCUT2D eigenvalue weighted by atomic mass is 16.5. The molecule has 1 saturated heterocycles. The summed E-state index contributed by atoms with van der Waals surface area (Å²) in [6.45, 7) is -0.183. The van der Waals surface area contributed by atoms with E-state index in [9.17, 15) is 14.7 Å². The van der Waals surface area contributed by atoms with Gasteiger partial charge in [0.2, 0.25) is 0 Å². The van der Waals surface area contributed by atoms with E-state index in [1.165, 1.54) is 4.57 Å². The fourth-order valence-electron chi connectivity index (χ4n) is 4.30. The number of rotatable bonds is 6. The summed E-state index contributed by atoms with van der Waals surface area (Å²) < 4.78 is 7.08. The highest BCUT2D eigenvalue weighted by molar-refractivity contribution is 6.07. The number of aliphatic hydroxyl groups excluding tert-OH is 1. The SMILES string of the molecule is O=C1NC(=O)[C@](Cn2cc3ccc(OCC#CCO)cc3c2O)(c2ccc(-c3cccnc3)cc2)N1. The Bertz CT molecular complexity index is 1500. The number of aromatic nitrogens is 2. The maximum absolute atomic E-state index is 13.1. The summed E-state index contributed by atoms with van der Waals surface area (Å²) >= 11 is 0. The number of amides is 3. The lowest BCUT2D eigenvalue weighted by molar-refractivity contribution is -0.124. The third-order valence-corrected chi connectivity index (χ3v) is 6.07. The van der Waals surface area contributed by atoms with Gasteiger partial charge in [0.05, 0.1) is 6.54 Å². The molecule has 9 heteroatoms. The fourth-order valence-corrected chi connectivity index (χ4v) is 4.30. The third-order valence-electron chi connectivity index (χ3n) is 6.07. The second-order valence-electron chi connectivity index (χ2n) is 8.26. The van der Waals surface area contributed by atoms with Crippen molar-refractivity contribution in [3.05, 3.63) is 78.8 Å². The molecule has 1 atom stereocenters. The van der Waals surface area contributed by atoms with Crippen LogP contribution in [0.15, 0.2) is 73.2 Å². The van der Waals surface area contributed by atoms with Gasteiger partial charge < -0.3 is 24.8 Å². The molecule has 0 unspecified atom stereocenters. The summed E-state index contributed by atoms with van der Waals surface area (Å²) in [6, 6.07) is 15.7. The van der Waals surface area contributed by atoms with Crippen molar-refractivity contribution in [3.8, 4) is 34.6 Å². The second-order valence-corrected chi connectivity index (χ2v) is 8.26. The van der Waals surface area contributed by atoms with E-state index in [1.54, 1.807) is 48.9 Å². The first-order valence-electron chi connectivity index (χ1n) is 11.2. The number of hydrogen-bond acceptors (Lipinski definition) is 6. The van der Waals surface area contributed by atoms with Gasteiger partial charge in [-0.3, -0.25) is 15.1 Å². The molecule has 0 bridgehead atoms. The van der Waals surface area contributed by atoms with Crippen molar-refractivity contribution in [2.45, 2.75) is 12.1 Å². The number of imide groups is 1. The molecule has 0 aliphatic carbocycles. The van der Waals surface area contributed by atoms with E-state index in [-0.39, 0.29) is 25.6 Å². The highest BCUT2D eigenvalue weighted by Crippen LogP contribution is 2.35. The Kier molecular flexibility index (Phi) is 6.02. The van der Waals surface area contributed by atoms with Gasteiger partial charge in [-0.1, -0.05) is 42.2 Å². The number of benzene rings is 2. The van der Waals surface area contributed by atoms with Crippen LogP contribution < -0.4 is 15.4 Å². The highest BCUT2D eigenvalue weighted by Gasteiger charge is 2.48. The predicted octanol–water partition coefficient (Wildman–Crippen LogP) is 2.52. The lowest BCUT2D eigenvalue weighted by Crippen LogP contribution is -2.47.